The van der Waals surface area contributed by atoms with E-state index in [9.17, 15) is 4.79 Å². The molecule has 0 spiro atoms. The van der Waals surface area contributed by atoms with Crippen molar-refractivity contribution in [2.24, 2.45) is 11.8 Å². The molecule has 3 aliphatic rings. The molecule has 2 aliphatic heterocycles. The normalized spacial score (nSPS) is 26.0. The number of anilines is 1. The lowest BCUT2D eigenvalue weighted by molar-refractivity contribution is 0.0705. The Labute approximate surface area is 157 Å². The highest BCUT2D eigenvalue weighted by molar-refractivity contribution is 5.92. The monoisotopic (exact) mass is 373 g/mol. The van der Waals surface area contributed by atoms with Crippen LogP contribution in [0.4, 0.5) is 5.95 Å². The third-order valence-corrected chi connectivity index (χ3v) is 5.72. The van der Waals surface area contributed by atoms with Gasteiger partial charge in [-0.3, -0.25) is 14.9 Å². The van der Waals surface area contributed by atoms with Crippen molar-refractivity contribution in [2.45, 2.75) is 19.1 Å². The van der Waals surface area contributed by atoms with Crippen LogP contribution in [0, 0.1) is 11.8 Å². The number of halogens is 1. The first-order chi connectivity index (χ1) is 12.2. The summed E-state index contributed by atoms with van der Waals surface area (Å²) in [6.07, 6.45) is 2.90. The predicted molar refractivity (Wildman–Crippen MR) is 97.2 cm³/mol. The SMILES string of the molecule is Cl.O=C(NO)c1cnc(N2CC3C(C2)C3N2Cc3ccccc3C2)nc1. The standard InChI is InChI=1S/C18H19N5O2.ClH/c24-17(21-25)13-5-19-18(20-6-13)23-9-14-15(10-23)16(14)22-7-11-3-1-2-4-12(11)8-22;/h1-6,14-16,25H,7-10H2,(H,21,24);1H. The van der Waals surface area contributed by atoms with E-state index in [2.05, 4.69) is 44.0 Å². The van der Waals surface area contributed by atoms with Gasteiger partial charge in [0.1, 0.15) is 0 Å². The molecule has 2 N–H and O–H groups in total. The van der Waals surface area contributed by atoms with Crippen LogP contribution in [-0.2, 0) is 13.1 Å². The Hall–Kier alpha value is -2.22. The summed E-state index contributed by atoms with van der Waals surface area (Å²) >= 11 is 0. The fourth-order valence-corrected chi connectivity index (χ4v) is 4.44. The van der Waals surface area contributed by atoms with Crippen molar-refractivity contribution < 1.29 is 10.0 Å². The van der Waals surface area contributed by atoms with Crippen LogP contribution < -0.4 is 10.4 Å². The van der Waals surface area contributed by atoms with Crippen LogP contribution in [0.2, 0.25) is 0 Å². The van der Waals surface area contributed by atoms with Gasteiger partial charge in [-0.05, 0) is 23.0 Å². The van der Waals surface area contributed by atoms with Crippen molar-refractivity contribution in [3.05, 3.63) is 53.3 Å². The van der Waals surface area contributed by atoms with Crippen LogP contribution >= 0.6 is 12.4 Å². The van der Waals surface area contributed by atoms with Gasteiger partial charge in [0.05, 0.1) is 5.56 Å². The van der Waals surface area contributed by atoms with Crippen molar-refractivity contribution >= 4 is 24.3 Å². The molecule has 136 valence electrons. The van der Waals surface area contributed by atoms with Crippen molar-refractivity contribution in [2.75, 3.05) is 18.0 Å². The lowest BCUT2D eigenvalue weighted by Gasteiger charge is -2.23. The topological polar surface area (TPSA) is 81.6 Å². The molecule has 7 nitrogen and oxygen atoms in total. The lowest BCUT2D eigenvalue weighted by Crippen LogP contribution is -2.33. The summed E-state index contributed by atoms with van der Waals surface area (Å²) < 4.78 is 0. The zero-order valence-electron chi connectivity index (χ0n) is 14.1. The third-order valence-electron chi connectivity index (χ3n) is 5.72. The van der Waals surface area contributed by atoms with E-state index in [1.54, 1.807) is 5.48 Å². The molecular formula is C18H20ClN5O2. The first-order valence-electron chi connectivity index (χ1n) is 8.57. The molecule has 2 atom stereocenters. The number of aromatic nitrogens is 2. The first-order valence-corrected chi connectivity index (χ1v) is 8.57. The zero-order valence-corrected chi connectivity index (χ0v) is 14.9. The van der Waals surface area contributed by atoms with E-state index in [4.69, 9.17) is 5.21 Å². The molecular weight excluding hydrogens is 354 g/mol. The number of hydroxylamine groups is 1. The smallest absolute Gasteiger partial charge is 0.277 e. The Morgan fingerprint density at radius 2 is 1.65 bits per heavy atom. The van der Waals surface area contributed by atoms with Crippen molar-refractivity contribution in [1.82, 2.24) is 20.3 Å². The van der Waals surface area contributed by atoms with Crippen LogP contribution in [0.25, 0.3) is 0 Å². The second kappa shape index (κ2) is 6.50. The van der Waals surface area contributed by atoms with Crippen LogP contribution in [0.3, 0.4) is 0 Å². The van der Waals surface area contributed by atoms with Gasteiger partial charge in [-0.25, -0.2) is 15.4 Å². The van der Waals surface area contributed by atoms with E-state index in [-0.39, 0.29) is 18.0 Å². The molecule has 1 aromatic carbocycles. The lowest BCUT2D eigenvalue weighted by atomic mass is 10.1. The molecule has 1 saturated carbocycles. The van der Waals surface area contributed by atoms with Crippen LogP contribution in [0.1, 0.15) is 21.5 Å². The minimum absolute atomic E-state index is 0. The highest BCUT2D eigenvalue weighted by Crippen LogP contribution is 2.51. The minimum atomic E-state index is -0.593. The second-order valence-corrected chi connectivity index (χ2v) is 7.11. The Balaban J connectivity index is 0.00000168. The highest BCUT2D eigenvalue weighted by Gasteiger charge is 2.59. The maximum atomic E-state index is 11.3. The fraction of sp³-hybridized carbons (Fsp3) is 0.389. The number of nitrogens with one attached hydrogen (secondary N) is 1. The van der Waals surface area contributed by atoms with Gasteiger partial charge in [-0.1, -0.05) is 24.3 Å². The Morgan fingerprint density at radius 3 is 2.19 bits per heavy atom. The second-order valence-electron chi connectivity index (χ2n) is 7.11. The summed E-state index contributed by atoms with van der Waals surface area (Å²) in [5.41, 5.74) is 4.77. The maximum absolute atomic E-state index is 11.3. The van der Waals surface area contributed by atoms with Gasteiger partial charge in [0.2, 0.25) is 5.95 Å². The molecule has 1 amide bonds. The minimum Gasteiger partial charge on any atom is -0.340 e. The summed E-state index contributed by atoms with van der Waals surface area (Å²) in [7, 11) is 0. The molecule has 3 heterocycles. The number of rotatable bonds is 3. The molecule has 0 radical (unpaired) electrons. The van der Waals surface area contributed by atoms with Gasteiger partial charge in [0, 0.05) is 44.6 Å². The van der Waals surface area contributed by atoms with E-state index in [0.29, 0.717) is 23.8 Å². The number of carbonyl (C=O) groups excluding carboxylic acids is 1. The first kappa shape index (κ1) is 17.2. The van der Waals surface area contributed by atoms with Gasteiger partial charge in [-0.2, -0.15) is 0 Å². The Morgan fingerprint density at radius 1 is 1.08 bits per heavy atom. The van der Waals surface area contributed by atoms with E-state index < -0.39 is 5.91 Å². The molecule has 1 aromatic heterocycles. The van der Waals surface area contributed by atoms with Gasteiger partial charge in [0.15, 0.2) is 0 Å². The molecule has 8 heteroatoms. The van der Waals surface area contributed by atoms with Crippen molar-refractivity contribution in [3.63, 3.8) is 0 Å². The zero-order chi connectivity index (χ0) is 17.0. The average Bonchev–Trinajstić information content (AvgIpc) is 3.02. The number of amides is 1. The van der Waals surface area contributed by atoms with E-state index in [1.807, 2.05) is 0 Å². The van der Waals surface area contributed by atoms with Crippen molar-refractivity contribution in [1.29, 1.82) is 0 Å². The summed E-state index contributed by atoms with van der Waals surface area (Å²) in [6, 6.07) is 9.38. The Bertz CT molecular complexity index is 794. The van der Waals surface area contributed by atoms with Crippen LogP contribution in [-0.4, -0.2) is 45.1 Å². The summed E-state index contributed by atoms with van der Waals surface area (Å²) in [4.78, 5) is 24.7. The number of nitrogens with zero attached hydrogens (tertiary/aromatic N) is 4. The van der Waals surface area contributed by atoms with Gasteiger partial charge < -0.3 is 4.90 Å². The number of fused-ring (bicyclic) bond motifs is 2. The predicted octanol–water partition coefficient (Wildman–Crippen LogP) is 1.47. The number of benzene rings is 1. The number of hydrogen-bond acceptors (Lipinski definition) is 6. The number of carbonyl (C=O) groups is 1. The summed E-state index contributed by atoms with van der Waals surface area (Å²) in [5.74, 6) is 1.42. The van der Waals surface area contributed by atoms with Crippen LogP contribution in [0.15, 0.2) is 36.7 Å². The average molecular weight is 374 g/mol. The molecule has 2 unspecified atom stereocenters. The quantitative estimate of drug-likeness (QED) is 0.626. The molecule has 5 rings (SSSR count). The van der Waals surface area contributed by atoms with Crippen LogP contribution in [0.5, 0.6) is 0 Å². The van der Waals surface area contributed by atoms with E-state index in [1.165, 1.54) is 23.5 Å². The molecule has 26 heavy (non-hydrogen) atoms. The highest BCUT2D eigenvalue weighted by atomic mass is 35.5. The molecule has 2 aromatic rings. The maximum Gasteiger partial charge on any atom is 0.277 e. The van der Waals surface area contributed by atoms with E-state index >= 15 is 0 Å². The number of hydrogen-bond donors (Lipinski definition) is 2. The number of piperidine rings is 1. The van der Waals surface area contributed by atoms with Crippen molar-refractivity contribution in [3.8, 4) is 0 Å². The molecule has 1 saturated heterocycles. The van der Waals surface area contributed by atoms with Gasteiger partial charge >= 0.3 is 0 Å². The fourth-order valence-electron chi connectivity index (χ4n) is 4.44. The van der Waals surface area contributed by atoms with Gasteiger partial charge in [-0.15, -0.1) is 12.4 Å². The van der Waals surface area contributed by atoms with E-state index in [0.717, 1.165) is 26.2 Å². The summed E-state index contributed by atoms with van der Waals surface area (Å²) in [5, 5.41) is 8.64. The third kappa shape index (κ3) is 2.72. The summed E-state index contributed by atoms with van der Waals surface area (Å²) in [6.45, 7) is 4.06. The Kier molecular flexibility index (Phi) is 4.30. The molecule has 0 bridgehead atoms. The van der Waals surface area contributed by atoms with Gasteiger partial charge in [0.25, 0.3) is 5.91 Å². The molecule has 2 fully saturated rings. The molecule has 1 aliphatic carbocycles. The largest absolute Gasteiger partial charge is 0.340 e.